The summed E-state index contributed by atoms with van der Waals surface area (Å²) < 4.78 is 11.4. The van der Waals surface area contributed by atoms with E-state index < -0.39 is 0 Å². The number of ether oxygens (including phenoxy) is 2. The lowest BCUT2D eigenvalue weighted by Crippen LogP contribution is -2.11. The van der Waals surface area contributed by atoms with Crippen LogP contribution in [0.5, 0.6) is 5.75 Å². The Balaban J connectivity index is 1.73. The molecule has 1 aliphatic rings. The minimum atomic E-state index is -0.327. The van der Waals surface area contributed by atoms with Gasteiger partial charge < -0.3 is 19.8 Å². The van der Waals surface area contributed by atoms with Gasteiger partial charge in [-0.15, -0.1) is 0 Å². The maximum absolute atomic E-state index is 12.4. The number of H-pyrrole nitrogens is 1. The normalized spacial score (nSPS) is 13.3. The molecule has 138 valence electrons. The first kappa shape index (κ1) is 17.2. The number of carbonyl (C=O) groups is 1. The van der Waals surface area contributed by atoms with Crippen molar-refractivity contribution in [2.24, 2.45) is 0 Å². The fraction of sp³-hybridized carbons (Fsp3) is 0.227. The summed E-state index contributed by atoms with van der Waals surface area (Å²) in [5, 5.41) is 4.22. The standard InChI is InChI=1S/C22H22N2O3/c1-2-26-22(25)17-13-23-12-11-16-20-18(24-21(16)17)9-6-10-19(20)27-14-15-7-4-3-5-8-15/h3-10,13,23-24H,2,11-12,14H2,1H3. The van der Waals surface area contributed by atoms with Crippen molar-refractivity contribution in [3.8, 4) is 5.75 Å². The number of hydrogen-bond acceptors (Lipinski definition) is 4. The highest BCUT2D eigenvalue weighted by atomic mass is 16.5. The number of aromatic nitrogens is 1. The van der Waals surface area contributed by atoms with Gasteiger partial charge in [-0.3, -0.25) is 0 Å². The number of esters is 1. The third kappa shape index (κ3) is 3.40. The highest BCUT2D eigenvalue weighted by Crippen LogP contribution is 2.35. The molecule has 5 nitrogen and oxygen atoms in total. The van der Waals surface area contributed by atoms with E-state index in [-0.39, 0.29) is 5.97 Å². The van der Waals surface area contributed by atoms with Gasteiger partial charge >= 0.3 is 5.97 Å². The molecule has 0 atom stereocenters. The fourth-order valence-electron chi connectivity index (χ4n) is 3.43. The highest BCUT2D eigenvalue weighted by molar-refractivity contribution is 6.18. The summed E-state index contributed by atoms with van der Waals surface area (Å²) in [5.74, 6) is 0.491. The quantitative estimate of drug-likeness (QED) is 0.678. The number of carbonyl (C=O) groups excluding carboxylic acids is 1. The van der Waals surface area contributed by atoms with Gasteiger partial charge in [0.15, 0.2) is 0 Å². The van der Waals surface area contributed by atoms with Crippen LogP contribution in [-0.4, -0.2) is 24.1 Å². The van der Waals surface area contributed by atoms with E-state index in [0.29, 0.717) is 18.8 Å². The number of hydrogen-bond donors (Lipinski definition) is 2. The van der Waals surface area contributed by atoms with Gasteiger partial charge in [0.1, 0.15) is 12.4 Å². The Kier molecular flexibility index (Phi) is 4.83. The van der Waals surface area contributed by atoms with Crippen molar-refractivity contribution >= 4 is 22.4 Å². The third-order valence-electron chi connectivity index (χ3n) is 4.66. The zero-order valence-corrected chi connectivity index (χ0v) is 15.2. The lowest BCUT2D eigenvalue weighted by Gasteiger charge is -2.09. The number of rotatable bonds is 5. The number of nitrogens with one attached hydrogen (secondary N) is 2. The van der Waals surface area contributed by atoms with Crippen LogP contribution in [0.4, 0.5) is 0 Å². The van der Waals surface area contributed by atoms with Gasteiger partial charge in [0, 0.05) is 23.6 Å². The number of fused-ring (bicyclic) bond motifs is 3. The zero-order chi connectivity index (χ0) is 18.6. The molecule has 0 fully saturated rings. The SMILES string of the molecule is CCOC(=O)C1=CNCCc2c1[nH]c1cccc(OCc3ccccc3)c21. The largest absolute Gasteiger partial charge is 0.488 e. The summed E-state index contributed by atoms with van der Waals surface area (Å²) >= 11 is 0. The van der Waals surface area contributed by atoms with Crippen LogP contribution in [0.1, 0.15) is 23.7 Å². The minimum absolute atomic E-state index is 0.327. The summed E-state index contributed by atoms with van der Waals surface area (Å²) in [6.45, 7) is 3.40. The van der Waals surface area contributed by atoms with Crippen molar-refractivity contribution < 1.29 is 14.3 Å². The monoisotopic (exact) mass is 362 g/mol. The van der Waals surface area contributed by atoms with Gasteiger partial charge in [-0.2, -0.15) is 0 Å². The van der Waals surface area contributed by atoms with Crippen LogP contribution in [0.3, 0.4) is 0 Å². The van der Waals surface area contributed by atoms with Crippen LogP contribution in [0.2, 0.25) is 0 Å². The molecular formula is C22H22N2O3. The van der Waals surface area contributed by atoms with Crippen molar-refractivity contribution in [2.45, 2.75) is 20.0 Å². The second-order valence-electron chi connectivity index (χ2n) is 6.41. The summed E-state index contributed by atoms with van der Waals surface area (Å²) in [6, 6.07) is 16.0. The Morgan fingerprint density at radius 3 is 2.78 bits per heavy atom. The lowest BCUT2D eigenvalue weighted by atomic mass is 10.0. The van der Waals surface area contributed by atoms with E-state index in [1.165, 1.54) is 0 Å². The van der Waals surface area contributed by atoms with Crippen LogP contribution in [0, 0.1) is 0 Å². The van der Waals surface area contributed by atoms with E-state index >= 15 is 0 Å². The predicted molar refractivity (Wildman–Crippen MR) is 105 cm³/mol. The van der Waals surface area contributed by atoms with E-state index in [1.807, 2.05) is 55.5 Å². The molecule has 0 saturated carbocycles. The van der Waals surface area contributed by atoms with Crippen molar-refractivity contribution in [3.63, 3.8) is 0 Å². The maximum Gasteiger partial charge on any atom is 0.341 e. The van der Waals surface area contributed by atoms with Crippen LogP contribution in [-0.2, 0) is 22.6 Å². The molecule has 5 heteroatoms. The fourth-order valence-corrected chi connectivity index (χ4v) is 3.43. The average molecular weight is 362 g/mol. The summed E-state index contributed by atoms with van der Waals surface area (Å²) in [5.41, 5.74) is 4.49. The van der Waals surface area contributed by atoms with Crippen LogP contribution >= 0.6 is 0 Å². The predicted octanol–water partition coefficient (Wildman–Crippen LogP) is 3.80. The Morgan fingerprint density at radius 1 is 1.11 bits per heavy atom. The topological polar surface area (TPSA) is 63.3 Å². The molecule has 2 N–H and O–H groups in total. The van der Waals surface area contributed by atoms with E-state index in [9.17, 15) is 4.79 Å². The molecule has 0 aliphatic carbocycles. The molecule has 2 heterocycles. The highest BCUT2D eigenvalue weighted by Gasteiger charge is 2.24. The minimum Gasteiger partial charge on any atom is -0.488 e. The summed E-state index contributed by atoms with van der Waals surface area (Å²) in [6.07, 6.45) is 2.53. The molecule has 1 aliphatic heterocycles. The number of benzene rings is 2. The Morgan fingerprint density at radius 2 is 1.96 bits per heavy atom. The van der Waals surface area contributed by atoms with Crippen molar-refractivity contribution in [1.82, 2.24) is 10.3 Å². The average Bonchev–Trinajstić information content (AvgIpc) is 2.93. The van der Waals surface area contributed by atoms with Crippen LogP contribution in [0.15, 0.2) is 54.7 Å². The van der Waals surface area contributed by atoms with Gasteiger partial charge in [-0.25, -0.2) is 4.79 Å². The number of aromatic amines is 1. The molecule has 0 unspecified atom stereocenters. The summed E-state index contributed by atoms with van der Waals surface area (Å²) in [7, 11) is 0. The van der Waals surface area contributed by atoms with E-state index in [1.54, 1.807) is 6.20 Å². The van der Waals surface area contributed by atoms with E-state index in [2.05, 4.69) is 10.3 Å². The third-order valence-corrected chi connectivity index (χ3v) is 4.66. The Labute approximate surface area is 158 Å². The molecule has 0 radical (unpaired) electrons. The van der Waals surface area contributed by atoms with Crippen molar-refractivity contribution in [3.05, 3.63) is 71.6 Å². The molecule has 2 aromatic carbocycles. The smallest absolute Gasteiger partial charge is 0.341 e. The summed E-state index contributed by atoms with van der Waals surface area (Å²) in [4.78, 5) is 15.8. The maximum atomic E-state index is 12.4. The van der Waals surface area contributed by atoms with Crippen molar-refractivity contribution in [2.75, 3.05) is 13.2 Å². The van der Waals surface area contributed by atoms with E-state index in [4.69, 9.17) is 9.47 Å². The lowest BCUT2D eigenvalue weighted by molar-refractivity contribution is -0.136. The zero-order valence-electron chi connectivity index (χ0n) is 15.2. The first-order valence-corrected chi connectivity index (χ1v) is 9.19. The van der Waals surface area contributed by atoms with Gasteiger partial charge in [0.2, 0.25) is 0 Å². The second-order valence-corrected chi connectivity index (χ2v) is 6.41. The van der Waals surface area contributed by atoms with Gasteiger partial charge in [0.05, 0.1) is 17.9 Å². The molecule has 3 aromatic rings. The molecular weight excluding hydrogens is 340 g/mol. The molecule has 0 spiro atoms. The second kappa shape index (κ2) is 7.58. The van der Waals surface area contributed by atoms with Gasteiger partial charge in [-0.05, 0) is 36.6 Å². The molecule has 4 rings (SSSR count). The molecule has 0 saturated heterocycles. The molecule has 27 heavy (non-hydrogen) atoms. The Hall–Kier alpha value is -3.21. The molecule has 1 aromatic heterocycles. The van der Waals surface area contributed by atoms with Gasteiger partial charge in [-0.1, -0.05) is 36.4 Å². The molecule has 0 amide bonds. The molecule has 0 bridgehead atoms. The van der Waals surface area contributed by atoms with Crippen molar-refractivity contribution in [1.29, 1.82) is 0 Å². The first-order chi connectivity index (χ1) is 13.3. The van der Waals surface area contributed by atoms with Crippen LogP contribution < -0.4 is 10.1 Å². The van der Waals surface area contributed by atoms with Gasteiger partial charge in [0.25, 0.3) is 0 Å². The first-order valence-electron chi connectivity index (χ1n) is 9.19. The van der Waals surface area contributed by atoms with Crippen LogP contribution in [0.25, 0.3) is 16.5 Å². The Bertz CT molecular complexity index is 989. The van der Waals surface area contributed by atoms with E-state index in [0.717, 1.165) is 46.4 Å².